The summed E-state index contributed by atoms with van der Waals surface area (Å²) in [5.41, 5.74) is 6.14. The number of carbonyl (C=O) groups excluding carboxylic acids is 1. The van der Waals surface area contributed by atoms with E-state index in [-0.39, 0.29) is 0 Å². The lowest BCUT2D eigenvalue weighted by Gasteiger charge is -2.26. The van der Waals surface area contributed by atoms with E-state index in [9.17, 15) is 4.79 Å². The average Bonchev–Trinajstić information content (AvgIpc) is 3.05. The number of aryl methyl sites for hydroxylation is 1. The van der Waals surface area contributed by atoms with Gasteiger partial charge in [-0.05, 0) is 61.5 Å². The molecule has 0 saturated carbocycles. The summed E-state index contributed by atoms with van der Waals surface area (Å²) in [6.45, 7) is 14.3. The molecule has 166 valence electrons. The zero-order chi connectivity index (χ0) is 22.1. The molecule has 0 aliphatic rings. The van der Waals surface area contributed by atoms with Gasteiger partial charge in [-0.2, -0.15) is 0 Å². The number of rotatable bonds is 11. The van der Waals surface area contributed by atoms with Crippen LogP contribution in [0.2, 0.25) is 0 Å². The second-order valence-electron chi connectivity index (χ2n) is 9.14. The zero-order valence-electron chi connectivity index (χ0n) is 19.2. The highest BCUT2D eigenvalue weighted by Gasteiger charge is 2.17. The van der Waals surface area contributed by atoms with Gasteiger partial charge in [0.2, 0.25) is 0 Å². The van der Waals surface area contributed by atoms with Gasteiger partial charge in [0.25, 0.3) is 5.91 Å². The molecule has 6 nitrogen and oxygen atoms in total. The van der Waals surface area contributed by atoms with E-state index in [1.165, 1.54) is 30.3 Å². The molecule has 0 aromatic carbocycles. The molecule has 0 atom stereocenters. The molecule has 2 rings (SSSR count). The third kappa shape index (κ3) is 7.26. The average molecular weight is 415 g/mol. The Bertz CT molecular complexity index is 849. The topological polar surface area (TPSA) is 69.9 Å². The monoisotopic (exact) mass is 414 g/mol. The van der Waals surface area contributed by atoms with Crippen molar-refractivity contribution in [2.45, 2.75) is 73.3 Å². The molecule has 6 heteroatoms. The summed E-state index contributed by atoms with van der Waals surface area (Å²) in [4.78, 5) is 18.7. The SMILES string of the molecule is CCCCCc1nc2cc(/C=C/C(=O)NO)ccn2c1CN(CC)CCC(C)(C)C. The van der Waals surface area contributed by atoms with E-state index in [0.29, 0.717) is 5.41 Å². The summed E-state index contributed by atoms with van der Waals surface area (Å²) in [6.07, 6.45) is 10.7. The van der Waals surface area contributed by atoms with Crippen molar-refractivity contribution in [3.63, 3.8) is 0 Å². The minimum absolute atomic E-state index is 0.318. The van der Waals surface area contributed by atoms with Crippen LogP contribution in [0.5, 0.6) is 0 Å². The maximum atomic E-state index is 11.3. The number of hydrogen-bond acceptors (Lipinski definition) is 4. The first-order chi connectivity index (χ1) is 14.3. The molecule has 0 radical (unpaired) electrons. The largest absolute Gasteiger partial charge is 0.302 e. The molecule has 2 aromatic rings. The highest BCUT2D eigenvalue weighted by molar-refractivity contribution is 5.90. The van der Waals surface area contributed by atoms with Crippen molar-refractivity contribution in [3.8, 4) is 0 Å². The number of hydrogen-bond donors (Lipinski definition) is 2. The summed E-state index contributed by atoms with van der Waals surface area (Å²) in [5, 5.41) is 8.66. The van der Waals surface area contributed by atoms with Crippen molar-refractivity contribution < 1.29 is 10.0 Å². The first-order valence-electron chi connectivity index (χ1n) is 11.1. The normalized spacial score (nSPS) is 12.4. The number of fused-ring (bicyclic) bond motifs is 1. The predicted octanol–water partition coefficient (Wildman–Crippen LogP) is 4.84. The fraction of sp³-hybridized carbons (Fsp3) is 0.583. The smallest absolute Gasteiger partial charge is 0.267 e. The Morgan fingerprint density at radius 1 is 1.30 bits per heavy atom. The number of nitrogens with one attached hydrogen (secondary N) is 1. The molecule has 0 aliphatic carbocycles. The number of amides is 1. The first-order valence-corrected chi connectivity index (χ1v) is 11.1. The van der Waals surface area contributed by atoms with E-state index >= 15 is 0 Å². The minimum Gasteiger partial charge on any atom is -0.302 e. The molecule has 0 unspecified atom stereocenters. The Morgan fingerprint density at radius 3 is 2.70 bits per heavy atom. The maximum Gasteiger partial charge on any atom is 0.267 e. The summed E-state index contributed by atoms with van der Waals surface area (Å²) in [5.74, 6) is -0.545. The third-order valence-corrected chi connectivity index (χ3v) is 5.39. The van der Waals surface area contributed by atoms with E-state index < -0.39 is 5.91 Å². The van der Waals surface area contributed by atoms with Gasteiger partial charge >= 0.3 is 0 Å². The molecule has 30 heavy (non-hydrogen) atoms. The molecule has 2 aromatic heterocycles. The summed E-state index contributed by atoms with van der Waals surface area (Å²) in [6, 6.07) is 3.96. The Kier molecular flexibility index (Phi) is 9.06. The number of aromatic nitrogens is 2. The molecule has 0 saturated heterocycles. The lowest BCUT2D eigenvalue weighted by Crippen LogP contribution is -2.28. The van der Waals surface area contributed by atoms with E-state index in [4.69, 9.17) is 10.2 Å². The van der Waals surface area contributed by atoms with Crippen LogP contribution >= 0.6 is 0 Å². The van der Waals surface area contributed by atoms with E-state index in [1.54, 1.807) is 11.6 Å². The van der Waals surface area contributed by atoms with Gasteiger partial charge in [-0.3, -0.25) is 14.9 Å². The number of nitrogens with zero attached hydrogens (tertiary/aromatic N) is 3. The van der Waals surface area contributed by atoms with Gasteiger partial charge in [0, 0.05) is 18.8 Å². The summed E-state index contributed by atoms with van der Waals surface area (Å²) >= 11 is 0. The third-order valence-electron chi connectivity index (χ3n) is 5.39. The molecular formula is C24H38N4O2. The van der Waals surface area contributed by atoms with Crippen LogP contribution in [0.4, 0.5) is 0 Å². The van der Waals surface area contributed by atoms with Crippen LogP contribution < -0.4 is 5.48 Å². The number of unbranched alkanes of at least 4 members (excludes halogenated alkanes) is 2. The molecule has 0 spiro atoms. The molecule has 1 amide bonds. The van der Waals surface area contributed by atoms with E-state index in [0.717, 1.165) is 50.1 Å². The van der Waals surface area contributed by atoms with Crippen LogP contribution in [-0.4, -0.2) is 38.5 Å². The van der Waals surface area contributed by atoms with Gasteiger partial charge in [0.1, 0.15) is 5.65 Å². The number of hydroxylamine groups is 1. The van der Waals surface area contributed by atoms with Crippen LogP contribution in [0.15, 0.2) is 24.4 Å². The van der Waals surface area contributed by atoms with Crippen molar-refractivity contribution in [1.29, 1.82) is 0 Å². The Morgan fingerprint density at radius 2 is 2.07 bits per heavy atom. The molecule has 0 aliphatic heterocycles. The Balaban J connectivity index is 2.32. The summed E-state index contributed by atoms with van der Waals surface area (Å²) < 4.78 is 2.19. The summed E-state index contributed by atoms with van der Waals surface area (Å²) in [7, 11) is 0. The van der Waals surface area contributed by atoms with Crippen LogP contribution in [0, 0.1) is 5.41 Å². The molecule has 0 fully saturated rings. The van der Waals surface area contributed by atoms with Crippen molar-refractivity contribution in [1.82, 2.24) is 19.8 Å². The number of imidazole rings is 1. The van der Waals surface area contributed by atoms with Crippen molar-refractivity contribution in [2.75, 3.05) is 13.1 Å². The van der Waals surface area contributed by atoms with E-state index in [2.05, 4.69) is 43.9 Å². The van der Waals surface area contributed by atoms with Crippen molar-refractivity contribution >= 4 is 17.6 Å². The van der Waals surface area contributed by atoms with Gasteiger partial charge in [0.05, 0.1) is 11.4 Å². The molecule has 2 N–H and O–H groups in total. The molecular weight excluding hydrogens is 376 g/mol. The highest BCUT2D eigenvalue weighted by Crippen LogP contribution is 2.22. The van der Waals surface area contributed by atoms with Gasteiger partial charge in [0.15, 0.2) is 0 Å². The van der Waals surface area contributed by atoms with Crippen LogP contribution in [0.3, 0.4) is 0 Å². The van der Waals surface area contributed by atoms with Crippen molar-refractivity contribution in [2.24, 2.45) is 5.41 Å². The lowest BCUT2D eigenvalue weighted by atomic mass is 9.92. The number of carbonyl (C=O) groups is 1. The Hall–Kier alpha value is -2.18. The molecule has 2 heterocycles. The first kappa shape index (κ1) is 24.1. The van der Waals surface area contributed by atoms with Crippen LogP contribution in [0.25, 0.3) is 11.7 Å². The van der Waals surface area contributed by atoms with Gasteiger partial charge in [-0.15, -0.1) is 0 Å². The molecule has 0 bridgehead atoms. The van der Waals surface area contributed by atoms with Gasteiger partial charge in [-0.1, -0.05) is 47.5 Å². The standard InChI is InChI=1S/C24H38N4O2/c1-6-8-9-10-20-21(18-27(7-2)16-14-24(3,4)5)28-15-13-19(17-22(28)25-20)11-12-23(29)26-30/h11-13,15,17,30H,6-10,14,16,18H2,1-5H3,(H,26,29)/b12-11+. The van der Waals surface area contributed by atoms with Crippen LogP contribution in [-0.2, 0) is 17.8 Å². The lowest BCUT2D eigenvalue weighted by molar-refractivity contribution is -0.124. The number of pyridine rings is 1. The zero-order valence-corrected chi connectivity index (χ0v) is 19.2. The quantitative estimate of drug-likeness (QED) is 0.239. The van der Waals surface area contributed by atoms with Gasteiger partial charge in [-0.25, -0.2) is 10.5 Å². The Labute approximate surface area is 181 Å². The van der Waals surface area contributed by atoms with Crippen molar-refractivity contribution in [3.05, 3.63) is 41.4 Å². The maximum absolute atomic E-state index is 11.3. The minimum atomic E-state index is -0.545. The fourth-order valence-electron chi connectivity index (χ4n) is 3.44. The predicted molar refractivity (Wildman–Crippen MR) is 122 cm³/mol. The fourth-order valence-corrected chi connectivity index (χ4v) is 3.44. The second kappa shape index (κ2) is 11.3. The second-order valence-corrected chi connectivity index (χ2v) is 9.14. The highest BCUT2D eigenvalue weighted by atomic mass is 16.5. The van der Waals surface area contributed by atoms with Gasteiger partial charge < -0.3 is 4.40 Å². The van der Waals surface area contributed by atoms with Crippen LogP contribution in [0.1, 0.15) is 77.3 Å². The van der Waals surface area contributed by atoms with E-state index in [1.807, 2.05) is 18.3 Å².